The summed E-state index contributed by atoms with van der Waals surface area (Å²) in [6, 6.07) is 6.07. The molecule has 0 saturated carbocycles. The van der Waals surface area contributed by atoms with Gasteiger partial charge in [0.05, 0.1) is 5.56 Å². The Kier molecular flexibility index (Phi) is 5.90. The molecule has 5 nitrogen and oxygen atoms in total. The number of anilines is 2. The first kappa shape index (κ1) is 17.9. The van der Waals surface area contributed by atoms with E-state index in [0.29, 0.717) is 17.4 Å². The Morgan fingerprint density at radius 2 is 1.79 bits per heavy atom. The molecule has 0 spiro atoms. The molecule has 0 unspecified atom stereocenters. The Balaban J connectivity index is 2.22. The van der Waals surface area contributed by atoms with Gasteiger partial charge >= 0.3 is 0 Å². The van der Waals surface area contributed by atoms with Gasteiger partial charge in [0.15, 0.2) is 0 Å². The van der Waals surface area contributed by atoms with E-state index >= 15 is 0 Å². The molecule has 5 heteroatoms. The maximum absolute atomic E-state index is 12.6. The Morgan fingerprint density at radius 1 is 1.17 bits per heavy atom. The fraction of sp³-hybridized carbons (Fsp3) is 0.421. The fourth-order valence-electron chi connectivity index (χ4n) is 2.64. The summed E-state index contributed by atoms with van der Waals surface area (Å²) in [6.07, 6.45) is 3.17. The van der Waals surface area contributed by atoms with Crippen molar-refractivity contribution in [1.82, 2.24) is 9.97 Å². The van der Waals surface area contributed by atoms with Crippen molar-refractivity contribution in [3.63, 3.8) is 0 Å². The molecule has 1 aromatic heterocycles. The van der Waals surface area contributed by atoms with Crippen molar-refractivity contribution in [1.29, 1.82) is 0 Å². The van der Waals surface area contributed by atoms with Crippen LogP contribution in [0.4, 0.5) is 11.6 Å². The number of nitrogens with zero attached hydrogens (tertiary/aromatic N) is 3. The van der Waals surface area contributed by atoms with Crippen LogP contribution in [-0.4, -0.2) is 29.0 Å². The molecule has 2 rings (SSSR count). The predicted molar refractivity (Wildman–Crippen MR) is 98.8 cm³/mol. The lowest BCUT2D eigenvalue weighted by Crippen LogP contribution is -2.24. The number of aromatic nitrogens is 2. The molecule has 0 aliphatic rings. The molecule has 1 heterocycles. The fourth-order valence-corrected chi connectivity index (χ4v) is 2.64. The van der Waals surface area contributed by atoms with Crippen LogP contribution in [0, 0.1) is 6.92 Å². The Hall–Kier alpha value is -2.43. The lowest BCUT2D eigenvalue weighted by atomic mass is 9.98. The summed E-state index contributed by atoms with van der Waals surface area (Å²) in [5, 5.41) is 3.02. The second kappa shape index (κ2) is 7.90. The first-order valence-electron chi connectivity index (χ1n) is 8.45. The van der Waals surface area contributed by atoms with Gasteiger partial charge in [0, 0.05) is 31.2 Å². The van der Waals surface area contributed by atoms with Crippen LogP contribution in [0.1, 0.15) is 55.1 Å². The van der Waals surface area contributed by atoms with Gasteiger partial charge in [-0.1, -0.05) is 32.0 Å². The number of rotatable bonds is 6. The van der Waals surface area contributed by atoms with Crippen LogP contribution in [0.15, 0.2) is 30.6 Å². The van der Waals surface area contributed by atoms with Gasteiger partial charge in [0.1, 0.15) is 0 Å². The average Bonchev–Trinajstić information content (AvgIpc) is 2.58. The van der Waals surface area contributed by atoms with E-state index in [1.54, 1.807) is 12.4 Å². The number of benzene rings is 1. The summed E-state index contributed by atoms with van der Waals surface area (Å²) in [5.74, 6) is 0.800. The SMILES string of the molecule is CCN(CC)c1ncc(C(=O)Nc2c(C)cccc2C(C)C)cn1. The third-order valence-corrected chi connectivity index (χ3v) is 4.11. The highest BCUT2D eigenvalue weighted by molar-refractivity contribution is 6.04. The van der Waals surface area contributed by atoms with E-state index in [-0.39, 0.29) is 5.91 Å². The zero-order valence-electron chi connectivity index (χ0n) is 15.1. The van der Waals surface area contributed by atoms with Crippen molar-refractivity contribution in [2.24, 2.45) is 0 Å². The largest absolute Gasteiger partial charge is 0.341 e. The van der Waals surface area contributed by atoms with Crippen molar-refractivity contribution in [3.8, 4) is 0 Å². The lowest BCUT2D eigenvalue weighted by molar-refractivity contribution is 0.102. The molecule has 2 aromatic rings. The molecule has 0 atom stereocenters. The lowest BCUT2D eigenvalue weighted by Gasteiger charge is -2.18. The Morgan fingerprint density at radius 3 is 2.33 bits per heavy atom. The molecule has 0 radical (unpaired) electrons. The molecule has 0 fully saturated rings. The van der Waals surface area contributed by atoms with Gasteiger partial charge in [0.25, 0.3) is 5.91 Å². The van der Waals surface area contributed by atoms with Crippen molar-refractivity contribution in [2.45, 2.75) is 40.5 Å². The molecule has 1 amide bonds. The van der Waals surface area contributed by atoms with E-state index in [0.717, 1.165) is 29.9 Å². The van der Waals surface area contributed by atoms with E-state index in [9.17, 15) is 4.79 Å². The summed E-state index contributed by atoms with van der Waals surface area (Å²) in [7, 11) is 0. The monoisotopic (exact) mass is 326 g/mol. The average molecular weight is 326 g/mol. The maximum Gasteiger partial charge on any atom is 0.258 e. The molecule has 128 valence electrons. The first-order valence-corrected chi connectivity index (χ1v) is 8.45. The molecule has 0 bridgehead atoms. The van der Waals surface area contributed by atoms with Crippen molar-refractivity contribution in [3.05, 3.63) is 47.3 Å². The van der Waals surface area contributed by atoms with Crippen molar-refractivity contribution >= 4 is 17.5 Å². The van der Waals surface area contributed by atoms with Crippen LogP contribution in [0.2, 0.25) is 0 Å². The zero-order chi connectivity index (χ0) is 17.7. The molecule has 0 saturated heterocycles. The summed E-state index contributed by atoms with van der Waals surface area (Å²) < 4.78 is 0. The van der Waals surface area contributed by atoms with Crippen molar-refractivity contribution in [2.75, 3.05) is 23.3 Å². The van der Waals surface area contributed by atoms with Crippen LogP contribution in [0.25, 0.3) is 0 Å². The normalized spacial score (nSPS) is 10.8. The van der Waals surface area contributed by atoms with Crippen molar-refractivity contribution < 1.29 is 4.79 Å². The maximum atomic E-state index is 12.6. The molecule has 24 heavy (non-hydrogen) atoms. The number of aryl methyl sites for hydroxylation is 1. The summed E-state index contributed by atoms with van der Waals surface area (Å²) in [5.41, 5.74) is 3.52. The van der Waals surface area contributed by atoms with E-state index in [4.69, 9.17) is 0 Å². The zero-order valence-corrected chi connectivity index (χ0v) is 15.1. The summed E-state index contributed by atoms with van der Waals surface area (Å²) in [6.45, 7) is 12.0. The van der Waals surface area contributed by atoms with Crippen LogP contribution < -0.4 is 10.2 Å². The predicted octanol–water partition coefficient (Wildman–Crippen LogP) is 4.01. The standard InChI is InChI=1S/C19H26N4O/c1-6-23(7-2)19-20-11-15(12-21-19)18(24)22-17-14(5)9-8-10-16(17)13(3)4/h8-13H,6-7H2,1-5H3,(H,22,24). The van der Waals surface area contributed by atoms with E-state index in [2.05, 4.69) is 43.0 Å². The molecule has 1 aromatic carbocycles. The van der Waals surface area contributed by atoms with Crippen LogP contribution in [-0.2, 0) is 0 Å². The molecule has 0 aliphatic carbocycles. The van der Waals surface area contributed by atoms with Gasteiger partial charge in [-0.15, -0.1) is 0 Å². The Bertz CT molecular complexity index is 691. The van der Waals surface area contributed by atoms with E-state index < -0.39 is 0 Å². The highest BCUT2D eigenvalue weighted by Gasteiger charge is 2.14. The summed E-state index contributed by atoms with van der Waals surface area (Å²) >= 11 is 0. The van der Waals surface area contributed by atoms with Crippen LogP contribution in [0.5, 0.6) is 0 Å². The molecular weight excluding hydrogens is 300 g/mol. The topological polar surface area (TPSA) is 58.1 Å². The number of para-hydroxylation sites is 1. The Labute approximate surface area is 144 Å². The van der Waals surface area contributed by atoms with Crippen LogP contribution >= 0.6 is 0 Å². The second-order valence-corrected chi connectivity index (χ2v) is 6.09. The number of nitrogens with one attached hydrogen (secondary N) is 1. The molecule has 0 aliphatic heterocycles. The number of amides is 1. The second-order valence-electron chi connectivity index (χ2n) is 6.09. The van der Waals surface area contributed by atoms with Gasteiger partial charge in [-0.25, -0.2) is 9.97 Å². The third kappa shape index (κ3) is 3.91. The molecule has 1 N–H and O–H groups in total. The van der Waals surface area contributed by atoms with E-state index in [1.165, 1.54) is 0 Å². The number of carbonyl (C=O) groups excluding carboxylic acids is 1. The highest BCUT2D eigenvalue weighted by Crippen LogP contribution is 2.27. The minimum absolute atomic E-state index is 0.183. The van der Waals surface area contributed by atoms with E-state index in [1.807, 2.05) is 30.0 Å². The number of hydrogen-bond acceptors (Lipinski definition) is 4. The number of carbonyl (C=O) groups is 1. The van der Waals surface area contributed by atoms with Gasteiger partial charge in [-0.3, -0.25) is 4.79 Å². The van der Waals surface area contributed by atoms with Gasteiger partial charge in [-0.05, 0) is 37.8 Å². The highest BCUT2D eigenvalue weighted by atomic mass is 16.1. The van der Waals surface area contributed by atoms with Gasteiger partial charge < -0.3 is 10.2 Å². The number of hydrogen-bond donors (Lipinski definition) is 1. The first-order chi connectivity index (χ1) is 11.5. The minimum Gasteiger partial charge on any atom is -0.341 e. The van der Waals surface area contributed by atoms with Crippen LogP contribution in [0.3, 0.4) is 0 Å². The smallest absolute Gasteiger partial charge is 0.258 e. The third-order valence-electron chi connectivity index (χ3n) is 4.11. The summed E-state index contributed by atoms with van der Waals surface area (Å²) in [4.78, 5) is 23.2. The van der Waals surface area contributed by atoms with Gasteiger partial charge in [0.2, 0.25) is 5.95 Å². The quantitative estimate of drug-likeness (QED) is 0.871. The molecular formula is C19H26N4O. The minimum atomic E-state index is -0.183. The van der Waals surface area contributed by atoms with Gasteiger partial charge in [-0.2, -0.15) is 0 Å².